The Morgan fingerprint density at radius 3 is 2.33 bits per heavy atom. The first kappa shape index (κ1) is 14.9. The molecule has 1 fully saturated rings. The Morgan fingerprint density at radius 2 is 1.89 bits per heavy atom. The summed E-state index contributed by atoms with van der Waals surface area (Å²) in [6.45, 7) is 4.44. The lowest BCUT2D eigenvalue weighted by Crippen LogP contribution is -2.65. The van der Waals surface area contributed by atoms with E-state index in [0.29, 0.717) is 0 Å². The van der Waals surface area contributed by atoms with Crippen molar-refractivity contribution in [1.82, 2.24) is 9.21 Å². The normalized spacial score (nSPS) is 22.9. The summed E-state index contributed by atoms with van der Waals surface area (Å²) in [7, 11) is -2.45. The van der Waals surface area contributed by atoms with E-state index in [-0.39, 0.29) is 19.0 Å². The molecule has 0 spiro atoms. The van der Waals surface area contributed by atoms with Crippen LogP contribution in [0.2, 0.25) is 0 Å². The minimum atomic E-state index is -4.04. The Bertz CT molecular complexity index is 471. The number of aliphatic carboxylic acids is 1. The van der Waals surface area contributed by atoms with Gasteiger partial charge in [0.15, 0.2) is 5.25 Å². The molecule has 0 aromatic rings. The number of amides is 1. The maximum atomic E-state index is 12.2. The Hall–Kier alpha value is -1.15. The molecule has 0 radical (unpaired) electrons. The van der Waals surface area contributed by atoms with E-state index in [1.165, 1.54) is 18.7 Å². The molecule has 7 nitrogen and oxygen atoms in total. The molecule has 18 heavy (non-hydrogen) atoms. The van der Waals surface area contributed by atoms with Crippen molar-refractivity contribution in [3.05, 3.63) is 0 Å². The van der Waals surface area contributed by atoms with E-state index in [1.54, 1.807) is 7.05 Å². The standard InChI is InChI=1S/C10H18N2O5S/c1-7(8(13)14)18(16,17)12-6-5-11(4)9(15)10(12,2)3/h7H,5-6H2,1-4H3,(H,13,14). The van der Waals surface area contributed by atoms with Crippen LogP contribution in [0.15, 0.2) is 0 Å². The molecular weight excluding hydrogens is 260 g/mol. The second-order valence-corrected chi connectivity index (χ2v) is 7.06. The van der Waals surface area contributed by atoms with Crippen LogP contribution in [0, 0.1) is 0 Å². The quantitative estimate of drug-likeness (QED) is 0.739. The second-order valence-electron chi connectivity index (χ2n) is 4.88. The molecule has 1 saturated heterocycles. The average Bonchev–Trinajstić information content (AvgIpc) is 2.24. The van der Waals surface area contributed by atoms with E-state index in [9.17, 15) is 18.0 Å². The summed E-state index contributed by atoms with van der Waals surface area (Å²) < 4.78 is 25.3. The number of hydrogen-bond acceptors (Lipinski definition) is 4. The number of piperazine rings is 1. The highest BCUT2D eigenvalue weighted by Gasteiger charge is 2.49. The van der Waals surface area contributed by atoms with Gasteiger partial charge in [-0.1, -0.05) is 0 Å². The van der Waals surface area contributed by atoms with Gasteiger partial charge in [-0.05, 0) is 20.8 Å². The molecule has 104 valence electrons. The summed E-state index contributed by atoms with van der Waals surface area (Å²) in [6.07, 6.45) is 0. The lowest BCUT2D eigenvalue weighted by Gasteiger charge is -2.44. The number of sulfonamides is 1. The van der Waals surface area contributed by atoms with E-state index >= 15 is 0 Å². The SMILES string of the molecule is CC(C(=O)O)S(=O)(=O)N1CCN(C)C(=O)C1(C)C. The van der Waals surface area contributed by atoms with Crippen molar-refractivity contribution in [3.8, 4) is 0 Å². The molecule has 1 aliphatic heterocycles. The molecule has 0 aromatic heterocycles. The molecular formula is C10H18N2O5S. The molecule has 1 rings (SSSR count). The number of carbonyl (C=O) groups is 2. The van der Waals surface area contributed by atoms with Crippen LogP contribution in [-0.2, 0) is 19.6 Å². The molecule has 0 saturated carbocycles. The summed E-state index contributed by atoms with van der Waals surface area (Å²) in [6, 6.07) is 0. The average molecular weight is 278 g/mol. The Balaban J connectivity index is 3.18. The van der Waals surface area contributed by atoms with E-state index in [2.05, 4.69) is 0 Å². The molecule has 0 aromatic carbocycles. The van der Waals surface area contributed by atoms with Gasteiger partial charge in [-0.25, -0.2) is 8.42 Å². The van der Waals surface area contributed by atoms with Crippen LogP contribution in [0.5, 0.6) is 0 Å². The van der Waals surface area contributed by atoms with Crippen LogP contribution in [0.4, 0.5) is 0 Å². The van der Waals surface area contributed by atoms with Crippen molar-refractivity contribution in [2.75, 3.05) is 20.1 Å². The molecule has 1 N–H and O–H groups in total. The molecule has 0 bridgehead atoms. The second kappa shape index (κ2) is 4.51. The zero-order chi connectivity index (χ0) is 14.3. The summed E-state index contributed by atoms with van der Waals surface area (Å²) >= 11 is 0. The highest BCUT2D eigenvalue weighted by atomic mass is 32.2. The zero-order valence-corrected chi connectivity index (χ0v) is 11.7. The Labute approximate surface area is 106 Å². The molecule has 1 heterocycles. The number of nitrogens with zero attached hydrogens (tertiary/aromatic N) is 2. The van der Waals surface area contributed by atoms with Crippen molar-refractivity contribution in [1.29, 1.82) is 0 Å². The van der Waals surface area contributed by atoms with Crippen LogP contribution in [0.3, 0.4) is 0 Å². The molecule has 1 aliphatic rings. The monoisotopic (exact) mass is 278 g/mol. The van der Waals surface area contributed by atoms with Gasteiger partial charge in [-0.15, -0.1) is 0 Å². The summed E-state index contributed by atoms with van der Waals surface area (Å²) in [5.41, 5.74) is -1.25. The van der Waals surface area contributed by atoms with E-state index < -0.39 is 26.8 Å². The van der Waals surface area contributed by atoms with Gasteiger partial charge in [-0.3, -0.25) is 9.59 Å². The number of carbonyl (C=O) groups excluding carboxylic acids is 1. The fourth-order valence-corrected chi connectivity index (χ4v) is 3.65. The zero-order valence-electron chi connectivity index (χ0n) is 10.9. The Morgan fingerprint density at radius 1 is 1.39 bits per heavy atom. The predicted octanol–water partition coefficient (Wildman–Crippen LogP) is -0.658. The van der Waals surface area contributed by atoms with Crippen LogP contribution >= 0.6 is 0 Å². The van der Waals surface area contributed by atoms with Crippen LogP contribution < -0.4 is 0 Å². The van der Waals surface area contributed by atoms with Crippen LogP contribution in [0.25, 0.3) is 0 Å². The number of carboxylic acids is 1. The molecule has 0 aliphatic carbocycles. The fraction of sp³-hybridized carbons (Fsp3) is 0.800. The minimum absolute atomic E-state index is 0.106. The topological polar surface area (TPSA) is 95.0 Å². The largest absolute Gasteiger partial charge is 0.480 e. The third kappa shape index (κ3) is 2.22. The third-order valence-electron chi connectivity index (χ3n) is 3.23. The fourth-order valence-electron chi connectivity index (χ4n) is 1.96. The predicted molar refractivity (Wildman–Crippen MR) is 64.4 cm³/mol. The van der Waals surface area contributed by atoms with E-state index in [0.717, 1.165) is 11.2 Å². The van der Waals surface area contributed by atoms with Gasteiger partial charge in [0.05, 0.1) is 0 Å². The van der Waals surface area contributed by atoms with Gasteiger partial charge in [0.1, 0.15) is 5.54 Å². The summed E-state index contributed by atoms with van der Waals surface area (Å²) in [5.74, 6) is -1.76. The Kier molecular flexibility index (Phi) is 3.73. The first-order chi connectivity index (χ1) is 8.02. The van der Waals surface area contributed by atoms with Crippen molar-refractivity contribution < 1.29 is 23.1 Å². The highest BCUT2D eigenvalue weighted by Crippen LogP contribution is 2.27. The number of rotatable bonds is 3. The summed E-state index contributed by atoms with van der Waals surface area (Å²) in [5, 5.41) is 7.27. The molecule has 1 amide bonds. The first-order valence-corrected chi connectivity index (χ1v) is 7.03. The maximum absolute atomic E-state index is 12.2. The number of carboxylic acid groups (broad SMARTS) is 1. The maximum Gasteiger partial charge on any atom is 0.323 e. The van der Waals surface area contributed by atoms with E-state index in [1.807, 2.05) is 0 Å². The molecule has 1 unspecified atom stereocenters. The number of hydrogen-bond donors (Lipinski definition) is 1. The van der Waals surface area contributed by atoms with Crippen molar-refractivity contribution in [2.24, 2.45) is 0 Å². The third-order valence-corrected chi connectivity index (χ3v) is 5.58. The molecule has 8 heteroatoms. The first-order valence-electron chi connectivity index (χ1n) is 5.53. The lowest BCUT2D eigenvalue weighted by atomic mass is 10.0. The van der Waals surface area contributed by atoms with Gasteiger partial charge in [-0.2, -0.15) is 4.31 Å². The minimum Gasteiger partial charge on any atom is -0.480 e. The van der Waals surface area contributed by atoms with Crippen LogP contribution in [0.1, 0.15) is 20.8 Å². The lowest BCUT2D eigenvalue weighted by molar-refractivity contribution is -0.143. The van der Waals surface area contributed by atoms with Crippen molar-refractivity contribution >= 4 is 21.9 Å². The van der Waals surface area contributed by atoms with Gasteiger partial charge in [0.25, 0.3) is 0 Å². The smallest absolute Gasteiger partial charge is 0.323 e. The van der Waals surface area contributed by atoms with Crippen molar-refractivity contribution in [2.45, 2.75) is 31.6 Å². The van der Waals surface area contributed by atoms with Gasteiger partial charge < -0.3 is 10.0 Å². The van der Waals surface area contributed by atoms with Crippen LogP contribution in [-0.4, -0.2) is 65.5 Å². The van der Waals surface area contributed by atoms with Gasteiger partial charge >= 0.3 is 5.97 Å². The van der Waals surface area contributed by atoms with E-state index in [4.69, 9.17) is 5.11 Å². The number of likely N-dealkylation sites (N-methyl/N-ethyl adjacent to an activating group) is 1. The molecule has 1 atom stereocenters. The van der Waals surface area contributed by atoms with Gasteiger partial charge in [0, 0.05) is 20.1 Å². The van der Waals surface area contributed by atoms with Gasteiger partial charge in [0.2, 0.25) is 15.9 Å². The summed E-state index contributed by atoms with van der Waals surface area (Å²) in [4.78, 5) is 24.3. The highest BCUT2D eigenvalue weighted by molar-refractivity contribution is 7.90. The van der Waals surface area contributed by atoms with Crippen molar-refractivity contribution in [3.63, 3.8) is 0 Å².